The summed E-state index contributed by atoms with van der Waals surface area (Å²) in [6, 6.07) is 5.82. The van der Waals surface area contributed by atoms with Gasteiger partial charge in [0.2, 0.25) is 0 Å². The highest BCUT2D eigenvalue weighted by Crippen LogP contribution is 2.33. The quantitative estimate of drug-likeness (QED) is 0.475. The molecule has 1 aromatic carbocycles. The van der Waals surface area contributed by atoms with Gasteiger partial charge in [0.25, 0.3) is 0 Å². The van der Waals surface area contributed by atoms with Crippen LogP contribution in [0, 0.1) is 11.3 Å². The summed E-state index contributed by atoms with van der Waals surface area (Å²) in [5.41, 5.74) is 1.74. The first-order valence-electron chi connectivity index (χ1n) is 9.65. The molecule has 1 aliphatic heterocycles. The summed E-state index contributed by atoms with van der Waals surface area (Å²) < 4.78 is 21.9. The molecule has 7 nitrogen and oxygen atoms in total. The van der Waals surface area contributed by atoms with Gasteiger partial charge >= 0.3 is 5.97 Å². The Hall–Kier alpha value is -2.72. The molecular formula is C21H28N2O5. The van der Waals surface area contributed by atoms with E-state index in [4.69, 9.17) is 18.9 Å². The van der Waals surface area contributed by atoms with E-state index in [9.17, 15) is 10.1 Å². The SMILES string of the molecule is CCOC(=O)c1c(OCC)cc(C/C(C#N)=C/N2CCOCC2)cc1OCC. The van der Waals surface area contributed by atoms with Crippen molar-refractivity contribution in [1.29, 1.82) is 5.26 Å². The summed E-state index contributed by atoms with van der Waals surface area (Å²) >= 11 is 0. The molecular weight excluding hydrogens is 360 g/mol. The Bertz CT molecular complexity index is 706. The molecule has 0 aromatic heterocycles. The molecule has 0 atom stereocenters. The zero-order valence-corrected chi connectivity index (χ0v) is 16.8. The fourth-order valence-corrected chi connectivity index (χ4v) is 2.95. The molecule has 0 radical (unpaired) electrons. The number of nitrogens with zero attached hydrogens (tertiary/aromatic N) is 2. The first-order chi connectivity index (χ1) is 13.6. The number of allylic oxidation sites excluding steroid dienone is 1. The van der Waals surface area contributed by atoms with Crippen molar-refractivity contribution in [2.45, 2.75) is 27.2 Å². The van der Waals surface area contributed by atoms with Crippen molar-refractivity contribution in [1.82, 2.24) is 4.90 Å². The number of carbonyl (C=O) groups excluding carboxylic acids is 1. The summed E-state index contributed by atoms with van der Waals surface area (Å²) in [7, 11) is 0. The molecule has 0 amide bonds. The van der Waals surface area contributed by atoms with E-state index in [-0.39, 0.29) is 12.2 Å². The molecule has 1 saturated heterocycles. The van der Waals surface area contributed by atoms with Crippen LogP contribution in [0.25, 0.3) is 0 Å². The topological polar surface area (TPSA) is 81.0 Å². The van der Waals surface area contributed by atoms with E-state index < -0.39 is 5.97 Å². The second kappa shape index (κ2) is 11.2. The Morgan fingerprint density at radius 1 is 1.14 bits per heavy atom. The predicted octanol–water partition coefficient (Wildman–Crippen LogP) is 2.94. The Kier molecular flexibility index (Phi) is 8.63. The summed E-state index contributed by atoms with van der Waals surface area (Å²) in [6.07, 6.45) is 2.29. The van der Waals surface area contributed by atoms with Crippen molar-refractivity contribution in [3.63, 3.8) is 0 Å². The third-order valence-electron chi connectivity index (χ3n) is 4.13. The summed E-state index contributed by atoms with van der Waals surface area (Å²) in [4.78, 5) is 14.5. The minimum absolute atomic E-state index is 0.262. The van der Waals surface area contributed by atoms with Gasteiger partial charge in [0.05, 0.1) is 39.1 Å². The molecule has 1 fully saturated rings. The first-order valence-corrected chi connectivity index (χ1v) is 9.65. The minimum Gasteiger partial charge on any atom is -0.493 e. The van der Waals surface area contributed by atoms with Gasteiger partial charge in [-0.1, -0.05) is 0 Å². The number of esters is 1. The van der Waals surface area contributed by atoms with E-state index in [1.165, 1.54) is 0 Å². The van der Waals surface area contributed by atoms with Crippen LogP contribution in [0.2, 0.25) is 0 Å². The van der Waals surface area contributed by atoms with Crippen LogP contribution < -0.4 is 9.47 Å². The van der Waals surface area contributed by atoms with Crippen LogP contribution in [0.4, 0.5) is 0 Å². The lowest BCUT2D eigenvalue weighted by molar-refractivity contribution is 0.0517. The van der Waals surface area contributed by atoms with Gasteiger partial charge in [0.15, 0.2) is 0 Å². The van der Waals surface area contributed by atoms with Crippen LogP contribution in [0.3, 0.4) is 0 Å². The van der Waals surface area contributed by atoms with Gasteiger partial charge in [-0.05, 0) is 38.5 Å². The Labute approximate surface area is 166 Å². The molecule has 0 N–H and O–H groups in total. The number of rotatable bonds is 9. The van der Waals surface area contributed by atoms with Gasteiger partial charge in [-0.15, -0.1) is 0 Å². The maximum absolute atomic E-state index is 12.4. The maximum Gasteiger partial charge on any atom is 0.345 e. The average molecular weight is 388 g/mol. The molecule has 1 heterocycles. The van der Waals surface area contributed by atoms with Gasteiger partial charge in [0.1, 0.15) is 17.1 Å². The molecule has 0 saturated carbocycles. The van der Waals surface area contributed by atoms with E-state index in [0.29, 0.717) is 49.9 Å². The van der Waals surface area contributed by atoms with Crippen molar-refractivity contribution in [3.8, 4) is 17.6 Å². The van der Waals surface area contributed by atoms with Crippen molar-refractivity contribution < 1.29 is 23.7 Å². The second-order valence-corrected chi connectivity index (χ2v) is 6.14. The van der Waals surface area contributed by atoms with Gasteiger partial charge < -0.3 is 23.8 Å². The van der Waals surface area contributed by atoms with Crippen LogP contribution in [-0.2, 0) is 15.9 Å². The summed E-state index contributed by atoms with van der Waals surface area (Å²) in [5, 5.41) is 9.56. The largest absolute Gasteiger partial charge is 0.493 e. The van der Waals surface area contributed by atoms with Crippen molar-refractivity contribution in [2.24, 2.45) is 0 Å². The third kappa shape index (κ3) is 5.89. The highest BCUT2D eigenvalue weighted by atomic mass is 16.5. The van der Waals surface area contributed by atoms with Gasteiger partial charge in [-0.2, -0.15) is 5.26 Å². The zero-order valence-electron chi connectivity index (χ0n) is 16.8. The number of hydrogen-bond donors (Lipinski definition) is 0. The molecule has 7 heteroatoms. The molecule has 2 rings (SSSR count). The van der Waals surface area contributed by atoms with Crippen molar-refractivity contribution in [3.05, 3.63) is 35.0 Å². The monoisotopic (exact) mass is 388 g/mol. The summed E-state index contributed by atoms with van der Waals surface area (Å²) in [5.74, 6) is 0.335. The lowest BCUT2D eigenvalue weighted by Crippen LogP contribution is -2.32. The van der Waals surface area contributed by atoms with Crippen LogP contribution in [-0.4, -0.2) is 57.0 Å². The van der Waals surface area contributed by atoms with Gasteiger partial charge in [-0.3, -0.25) is 0 Å². The lowest BCUT2D eigenvalue weighted by atomic mass is 10.0. The van der Waals surface area contributed by atoms with Crippen LogP contribution in [0.15, 0.2) is 23.9 Å². The average Bonchev–Trinajstić information content (AvgIpc) is 2.69. The van der Waals surface area contributed by atoms with E-state index >= 15 is 0 Å². The normalized spacial score (nSPS) is 14.4. The van der Waals surface area contributed by atoms with Crippen LogP contribution in [0.1, 0.15) is 36.7 Å². The number of morpholine rings is 1. The van der Waals surface area contributed by atoms with E-state index in [2.05, 4.69) is 11.0 Å². The molecule has 0 spiro atoms. The molecule has 1 aliphatic rings. The van der Waals surface area contributed by atoms with Crippen molar-refractivity contribution >= 4 is 5.97 Å². The number of hydrogen-bond acceptors (Lipinski definition) is 7. The Balaban J connectivity index is 2.36. The maximum atomic E-state index is 12.4. The van der Waals surface area contributed by atoms with E-state index in [1.807, 2.05) is 20.0 Å². The molecule has 0 unspecified atom stereocenters. The Morgan fingerprint density at radius 3 is 2.25 bits per heavy atom. The Morgan fingerprint density at radius 2 is 1.75 bits per heavy atom. The van der Waals surface area contributed by atoms with E-state index in [0.717, 1.165) is 18.7 Å². The van der Waals surface area contributed by atoms with Crippen LogP contribution in [0.5, 0.6) is 11.5 Å². The first kappa shape index (κ1) is 21.6. The van der Waals surface area contributed by atoms with Crippen LogP contribution >= 0.6 is 0 Å². The lowest BCUT2D eigenvalue weighted by Gasteiger charge is -2.25. The van der Waals surface area contributed by atoms with Gasteiger partial charge in [-0.25, -0.2) is 4.79 Å². The number of ether oxygens (including phenoxy) is 4. The minimum atomic E-state index is -0.481. The fraction of sp³-hybridized carbons (Fsp3) is 0.524. The number of carbonyl (C=O) groups is 1. The molecule has 0 bridgehead atoms. The molecule has 28 heavy (non-hydrogen) atoms. The third-order valence-corrected chi connectivity index (χ3v) is 4.13. The van der Waals surface area contributed by atoms with E-state index in [1.54, 1.807) is 19.1 Å². The predicted molar refractivity (Wildman–Crippen MR) is 105 cm³/mol. The zero-order chi connectivity index (χ0) is 20.4. The molecule has 1 aromatic rings. The highest BCUT2D eigenvalue weighted by molar-refractivity contribution is 5.96. The molecule has 152 valence electrons. The summed E-state index contributed by atoms with van der Waals surface area (Å²) in [6.45, 7) is 9.36. The molecule has 0 aliphatic carbocycles. The number of benzene rings is 1. The standard InChI is InChI=1S/C21H28N2O5/c1-4-26-18-12-16(11-17(14-22)15-23-7-9-25-10-8-23)13-19(27-5-2)20(18)21(24)28-6-3/h12-13,15H,4-11H2,1-3H3/b17-15-. The number of nitriles is 1. The fourth-order valence-electron chi connectivity index (χ4n) is 2.95. The highest BCUT2D eigenvalue weighted by Gasteiger charge is 2.22. The second-order valence-electron chi connectivity index (χ2n) is 6.14. The van der Waals surface area contributed by atoms with Crippen molar-refractivity contribution in [2.75, 3.05) is 46.1 Å². The smallest absolute Gasteiger partial charge is 0.345 e. The van der Waals surface area contributed by atoms with Gasteiger partial charge in [0, 0.05) is 31.3 Å².